The Balaban J connectivity index is 1.61. The zero-order chi connectivity index (χ0) is 17.8. The van der Waals surface area contributed by atoms with E-state index in [4.69, 9.17) is 0 Å². The maximum Gasteiger partial charge on any atom is 0.257 e. The van der Waals surface area contributed by atoms with E-state index < -0.39 is 19.1 Å². The summed E-state index contributed by atoms with van der Waals surface area (Å²) in [5.74, 6) is 0.967. The van der Waals surface area contributed by atoms with Crippen LogP contribution in [-0.4, -0.2) is 51.5 Å². The first-order valence-electron chi connectivity index (χ1n) is 8.02. The molecule has 2 aromatic rings. The van der Waals surface area contributed by atoms with Gasteiger partial charge in [0.05, 0.1) is 11.9 Å². The van der Waals surface area contributed by atoms with Crippen LogP contribution in [0.1, 0.15) is 12.0 Å². The Morgan fingerprint density at radius 2 is 2.24 bits per heavy atom. The van der Waals surface area contributed by atoms with Gasteiger partial charge in [-0.1, -0.05) is 0 Å². The quantitative estimate of drug-likeness (QED) is 0.706. The lowest BCUT2D eigenvalue weighted by atomic mass is 10.2. The molecule has 0 aromatic carbocycles. The van der Waals surface area contributed by atoms with Crippen molar-refractivity contribution in [1.82, 2.24) is 25.1 Å². The minimum absolute atomic E-state index is 0.0633. The third-order valence-corrected chi connectivity index (χ3v) is 3.87. The van der Waals surface area contributed by atoms with Crippen LogP contribution in [0.4, 0.5) is 30.6 Å². The SMILES string of the molecule is Cc1cnc(Nc2cnn(CC(F)F)c2)nc1NC[C@@H]1C[C@H](F)CN1. The van der Waals surface area contributed by atoms with Crippen molar-refractivity contribution >= 4 is 17.5 Å². The second kappa shape index (κ2) is 7.68. The van der Waals surface area contributed by atoms with Gasteiger partial charge in [0.1, 0.15) is 18.5 Å². The van der Waals surface area contributed by atoms with E-state index in [9.17, 15) is 13.2 Å². The molecule has 2 atom stereocenters. The molecule has 25 heavy (non-hydrogen) atoms. The first-order chi connectivity index (χ1) is 12.0. The van der Waals surface area contributed by atoms with Crippen LogP contribution in [0.5, 0.6) is 0 Å². The van der Waals surface area contributed by atoms with Gasteiger partial charge in [0.15, 0.2) is 0 Å². The molecular formula is C15H20F3N7. The van der Waals surface area contributed by atoms with Crippen molar-refractivity contribution in [1.29, 1.82) is 0 Å². The zero-order valence-electron chi connectivity index (χ0n) is 13.7. The summed E-state index contributed by atoms with van der Waals surface area (Å²) in [4.78, 5) is 8.55. The van der Waals surface area contributed by atoms with Gasteiger partial charge >= 0.3 is 0 Å². The van der Waals surface area contributed by atoms with Gasteiger partial charge in [0.2, 0.25) is 5.95 Å². The van der Waals surface area contributed by atoms with Crippen molar-refractivity contribution in [2.24, 2.45) is 0 Å². The van der Waals surface area contributed by atoms with Gasteiger partial charge in [-0.15, -0.1) is 0 Å². The molecule has 0 unspecified atom stereocenters. The van der Waals surface area contributed by atoms with Crippen LogP contribution in [0.25, 0.3) is 0 Å². The Kier molecular flexibility index (Phi) is 5.37. The summed E-state index contributed by atoms with van der Waals surface area (Å²) in [7, 11) is 0. The second-order valence-corrected chi connectivity index (χ2v) is 6.01. The highest BCUT2D eigenvalue weighted by molar-refractivity contribution is 5.54. The third kappa shape index (κ3) is 4.81. The van der Waals surface area contributed by atoms with E-state index in [2.05, 4.69) is 31.0 Å². The van der Waals surface area contributed by atoms with Crippen molar-refractivity contribution in [3.8, 4) is 0 Å². The molecule has 7 nitrogen and oxygen atoms in total. The minimum atomic E-state index is -2.47. The number of nitrogens with one attached hydrogen (secondary N) is 3. The summed E-state index contributed by atoms with van der Waals surface area (Å²) in [6, 6.07) is 0.0633. The van der Waals surface area contributed by atoms with Gasteiger partial charge in [-0.2, -0.15) is 10.1 Å². The molecule has 3 rings (SSSR count). The fourth-order valence-electron chi connectivity index (χ4n) is 2.63. The molecule has 0 amide bonds. The summed E-state index contributed by atoms with van der Waals surface area (Å²) >= 11 is 0. The predicted molar refractivity (Wildman–Crippen MR) is 88.1 cm³/mol. The summed E-state index contributed by atoms with van der Waals surface area (Å²) < 4.78 is 39.0. The maximum absolute atomic E-state index is 13.2. The second-order valence-electron chi connectivity index (χ2n) is 6.01. The molecule has 0 aliphatic carbocycles. The van der Waals surface area contributed by atoms with Crippen LogP contribution >= 0.6 is 0 Å². The zero-order valence-corrected chi connectivity index (χ0v) is 13.7. The molecule has 0 spiro atoms. The predicted octanol–water partition coefficient (Wildman–Crippen LogP) is 2.10. The Hall–Kier alpha value is -2.36. The van der Waals surface area contributed by atoms with Crippen LogP contribution in [0.3, 0.4) is 0 Å². The number of alkyl halides is 3. The Morgan fingerprint density at radius 1 is 1.40 bits per heavy atom. The summed E-state index contributed by atoms with van der Waals surface area (Å²) in [6.07, 6.45) is 1.76. The fraction of sp³-hybridized carbons (Fsp3) is 0.533. The molecule has 0 saturated carbocycles. The smallest absolute Gasteiger partial charge is 0.257 e. The number of hydrogen-bond donors (Lipinski definition) is 3. The third-order valence-electron chi connectivity index (χ3n) is 3.87. The van der Waals surface area contributed by atoms with E-state index in [0.717, 1.165) is 10.2 Å². The van der Waals surface area contributed by atoms with Crippen LogP contribution in [-0.2, 0) is 6.54 Å². The van der Waals surface area contributed by atoms with Crippen molar-refractivity contribution in [3.05, 3.63) is 24.2 Å². The van der Waals surface area contributed by atoms with Crippen molar-refractivity contribution in [2.75, 3.05) is 23.7 Å². The molecule has 2 aromatic heterocycles. The highest BCUT2D eigenvalue weighted by Gasteiger charge is 2.23. The monoisotopic (exact) mass is 355 g/mol. The highest BCUT2D eigenvalue weighted by Crippen LogP contribution is 2.18. The molecule has 1 aliphatic rings. The van der Waals surface area contributed by atoms with E-state index >= 15 is 0 Å². The molecule has 1 aliphatic heterocycles. The van der Waals surface area contributed by atoms with Gasteiger partial charge in [-0.25, -0.2) is 18.2 Å². The average Bonchev–Trinajstić information content (AvgIpc) is 3.16. The standard InChI is InChI=1S/C15H20F3N7/c1-9-3-21-15(23-12-6-22-25(7-12)8-13(17)18)24-14(9)20-5-11-2-10(16)4-19-11/h3,6-7,10-11,13,19H,2,4-5,8H2,1H3,(H2,20,21,23,24)/t10-,11-/m0/s1. The van der Waals surface area contributed by atoms with Crippen molar-refractivity contribution in [3.63, 3.8) is 0 Å². The lowest BCUT2D eigenvalue weighted by Gasteiger charge is -2.14. The highest BCUT2D eigenvalue weighted by atomic mass is 19.3. The number of aryl methyl sites for hydroxylation is 1. The Bertz CT molecular complexity index is 706. The Labute approximate surface area is 143 Å². The largest absolute Gasteiger partial charge is 0.368 e. The van der Waals surface area contributed by atoms with Gasteiger partial charge in [-0.05, 0) is 13.3 Å². The molecule has 136 valence electrons. The summed E-state index contributed by atoms with van der Waals surface area (Å²) in [6.45, 7) is 2.34. The summed E-state index contributed by atoms with van der Waals surface area (Å²) in [5, 5.41) is 13.1. The number of nitrogens with zero attached hydrogens (tertiary/aromatic N) is 4. The number of hydrogen-bond acceptors (Lipinski definition) is 6. The van der Waals surface area contributed by atoms with Crippen molar-refractivity contribution in [2.45, 2.75) is 38.5 Å². The van der Waals surface area contributed by atoms with Gasteiger partial charge in [-0.3, -0.25) is 4.68 Å². The Morgan fingerprint density at radius 3 is 2.96 bits per heavy atom. The maximum atomic E-state index is 13.2. The molecular weight excluding hydrogens is 335 g/mol. The van der Waals surface area contributed by atoms with Crippen LogP contribution < -0.4 is 16.0 Å². The molecule has 0 bridgehead atoms. The molecule has 3 N–H and O–H groups in total. The van der Waals surface area contributed by atoms with E-state index in [0.29, 0.717) is 37.0 Å². The van der Waals surface area contributed by atoms with E-state index in [-0.39, 0.29) is 6.04 Å². The number of rotatable bonds is 7. The van der Waals surface area contributed by atoms with E-state index in [1.807, 2.05) is 6.92 Å². The molecule has 10 heteroatoms. The molecule has 1 fully saturated rings. The number of aromatic nitrogens is 4. The molecule has 3 heterocycles. The van der Waals surface area contributed by atoms with Gasteiger partial charge < -0.3 is 16.0 Å². The number of halogens is 3. The van der Waals surface area contributed by atoms with Crippen LogP contribution in [0.2, 0.25) is 0 Å². The summed E-state index contributed by atoms with van der Waals surface area (Å²) in [5.41, 5.74) is 1.38. The molecule has 1 saturated heterocycles. The molecule has 0 radical (unpaired) electrons. The average molecular weight is 355 g/mol. The number of anilines is 3. The normalized spacial score (nSPS) is 20.2. The first-order valence-corrected chi connectivity index (χ1v) is 8.02. The first kappa shape index (κ1) is 17.5. The van der Waals surface area contributed by atoms with E-state index in [1.54, 1.807) is 6.20 Å². The van der Waals surface area contributed by atoms with Crippen LogP contribution in [0.15, 0.2) is 18.6 Å². The lowest BCUT2D eigenvalue weighted by molar-refractivity contribution is 0.122. The topological polar surface area (TPSA) is 79.7 Å². The van der Waals surface area contributed by atoms with Crippen molar-refractivity contribution < 1.29 is 13.2 Å². The van der Waals surface area contributed by atoms with E-state index in [1.165, 1.54) is 12.4 Å². The van der Waals surface area contributed by atoms with Crippen LogP contribution in [0, 0.1) is 6.92 Å². The lowest BCUT2D eigenvalue weighted by Crippen LogP contribution is -2.29. The van der Waals surface area contributed by atoms with Gasteiger partial charge in [0, 0.05) is 37.1 Å². The van der Waals surface area contributed by atoms with Gasteiger partial charge in [0.25, 0.3) is 6.43 Å². The minimum Gasteiger partial charge on any atom is -0.368 e. The fourth-order valence-corrected chi connectivity index (χ4v) is 2.63.